The lowest BCUT2D eigenvalue weighted by atomic mass is 9.95. The molecule has 0 radical (unpaired) electrons. The molecule has 31 heavy (non-hydrogen) atoms. The third-order valence-corrected chi connectivity index (χ3v) is 6.79. The van der Waals surface area contributed by atoms with Gasteiger partial charge in [-0.25, -0.2) is 8.42 Å². The Hall–Kier alpha value is -2.45. The molecule has 0 heterocycles. The second kappa shape index (κ2) is 10.2. The first-order valence-corrected chi connectivity index (χ1v) is 12.1. The third-order valence-electron chi connectivity index (χ3n) is 5.17. The number of methoxy groups -OCH3 is 1. The van der Waals surface area contributed by atoms with Gasteiger partial charge in [-0.15, -0.1) is 0 Å². The summed E-state index contributed by atoms with van der Waals surface area (Å²) in [6.45, 7) is 1.68. The molecule has 168 valence electrons. The van der Waals surface area contributed by atoms with Gasteiger partial charge in [-0.2, -0.15) is 0 Å². The molecule has 2 aromatic carbocycles. The zero-order valence-corrected chi connectivity index (χ0v) is 19.1. The molecule has 0 aliphatic heterocycles. The fraction of sp³-hybridized carbons (Fsp3) is 0.409. The first-order chi connectivity index (χ1) is 14.8. The number of nitrogens with one attached hydrogen (secondary N) is 2. The number of halogens is 1. The van der Waals surface area contributed by atoms with Crippen LogP contribution in [0.2, 0.25) is 5.02 Å². The highest BCUT2D eigenvalue weighted by Crippen LogP contribution is 2.30. The number of ether oxygens (including phenoxy) is 2. The Morgan fingerprint density at radius 2 is 1.77 bits per heavy atom. The maximum atomic E-state index is 12.7. The first-order valence-electron chi connectivity index (χ1n) is 10.2. The molecule has 0 spiro atoms. The normalized spacial score (nSPS) is 15.7. The molecule has 1 saturated carbocycles. The Bertz CT molecular complexity index is 1010. The molecule has 1 aliphatic rings. The van der Waals surface area contributed by atoms with Crippen LogP contribution < -0.4 is 19.5 Å². The van der Waals surface area contributed by atoms with Crippen LogP contribution in [0.1, 0.15) is 39.0 Å². The molecule has 3 rings (SSSR count). The Morgan fingerprint density at radius 3 is 2.42 bits per heavy atom. The zero-order chi connectivity index (χ0) is 22.4. The van der Waals surface area contributed by atoms with Crippen LogP contribution in [-0.4, -0.2) is 33.6 Å². The second-order valence-electron chi connectivity index (χ2n) is 7.53. The number of benzene rings is 2. The minimum Gasteiger partial charge on any atom is -0.495 e. The summed E-state index contributed by atoms with van der Waals surface area (Å²) in [5.41, 5.74) is 0.239. The lowest BCUT2D eigenvalue weighted by Crippen LogP contribution is -2.43. The number of carbonyl (C=O) groups excluding carboxylic acids is 1. The molecule has 0 saturated heterocycles. The fourth-order valence-corrected chi connectivity index (χ4v) is 4.72. The molecule has 9 heteroatoms. The minimum absolute atomic E-state index is 0.0428. The number of rotatable bonds is 8. The van der Waals surface area contributed by atoms with Crippen molar-refractivity contribution in [3.8, 4) is 11.5 Å². The van der Waals surface area contributed by atoms with Crippen LogP contribution >= 0.6 is 11.6 Å². The summed E-state index contributed by atoms with van der Waals surface area (Å²) >= 11 is 5.97. The molecular weight excluding hydrogens is 440 g/mol. The molecule has 2 N–H and O–H groups in total. The van der Waals surface area contributed by atoms with Crippen molar-refractivity contribution in [1.82, 2.24) is 5.32 Å². The van der Waals surface area contributed by atoms with Crippen LogP contribution in [0.25, 0.3) is 0 Å². The van der Waals surface area contributed by atoms with Gasteiger partial charge in [-0.1, -0.05) is 30.9 Å². The van der Waals surface area contributed by atoms with Gasteiger partial charge >= 0.3 is 0 Å². The van der Waals surface area contributed by atoms with Crippen molar-refractivity contribution in [3.63, 3.8) is 0 Å². The van der Waals surface area contributed by atoms with E-state index in [0.29, 0.717) is 16.5 Å². The van der Waals surface area contributed by atoms with Gasteiger partial charge in [0.15, 0.2) is 6.10 Å². The van der Waals surface area contributed by atoms with Crippen molar-refractivity contribution in [2.45, 2.75) is 56.1 Å². The highest BCUT2D eigenvalue weighted by Gasteiger charge is 2.21. The summed E-state index contributed by atoms with van der Waals surface area (Å²) in [6, 6.07) is 10.7. The van der Waals surface area contributed by atoms with Crippen LogP contribution in [0.4, 0.5) is 5.69 Å². The van der Waals surface area contributed by atoms with Gasteiger partial charge in [0.2, 0.25) is 0 Å². The number of anilines is 1. The fourth-order valence-electron chi connectivity index (χ4n) is 3.48. The van der Waals surface area contributed by atoms with Crippen molar-refractivity contribution < 1.29 is 22.7 Å². The van der Waals surface area contributed by atoms with Gasteiger partial charge in [-0.05, 0) is 62.2 Å². The van der Waals surface area contributed by atoms with Crippen molar-refractivity contribution in [2.24, 2.45) is 0 Å². The predicted molar refractivity (Wildman–Crippen MR) is 120 cm³/mol. The Labute approximate surface area is 188 Å². The van der Waals surface area contributed by atoms with Crippen LogP contribution in [0.3, 0.4) is 0 Å². The van der Waals surface area contributed by atoms with Crippen molar-refractivity contribution in [3.05, 3.63) is 47.5 Å². The Kier molecular flexibility index (Phi) is 7.67. The van der Waals surface area contributed by atoms with Crippen molar-refractivity contribution >= 4 is 33.2 Å². The summed E-state index contributed by atoms with van der Waals surface area (Å²) in [6.07, 6.45) is 4.78. The largest absolute Gasteiger partial charge is 0.495 e. The van der Waals surface area contributed by atoms with E-state index < -0.39 is 16.1 Å². The van der Waals surface area contributed by atoms with Crippen molar-refractivity contribution in [2.75, 3.05) is 11.8 Å². The van der Waals surface area contributed by atoms with E-state index in [1.807, 2.05) is 0 Å². The first kappa shape index (κ1) is 23.2. The summed E-state index contributed by atoms with van der Waals surface area (Å²) < 4.78 is 38.8. The molecule has 0 unspecified atom stereocenters. The smallest absolute Gasteiger partial charge is 0.262 e. The lowest BCUT2D eigenvalue weighted by Gasteiger charge is -2.24. The highest BCUT2D eigenvalue weighted by atomic mass is 35.5. The van der Waals surface area contributed by atoms with Gasteiger partial charge in [0.05, 0.1) is 17.7 Å². The van der Waals surface area contributed by atoms with E-state index in [9.17, 15) is 13.2 Å². The Morgan fingerprint density at radius 1 is 1.10 bits per heavy atom. The van der Waals surface area contributed by atoms with Gasteiger partial charge in [0.1, 0.15) is 11.5 Å². The van der Waals surface area contributed by atoms with E-state index in [4.69, 9.17) is 21.1 Å². The third kappa shape index (κ3) is 6.27. The number of hydrogen-bond donors (Lipinski definition) is 2. The standard InChI is InChI=1S/C22H27ClN2O5S/c1-15(22(26)24-17-6-4-3-5-7-17)30-18-9-11-19(12-10-18)31(27,28)25-20-14-16(23)8-13-21(20)29-2/h8-15,17,25H,3-7H2,1-2H3,(H,24,26)/t15-/m1/s1. The molecule has 0 aromatic heterocycles. The number of carbonyl (C=O) groups is 1. The molecule has 2 aromatic rings. The summed E-state index contributed by atoms with van der Waals surface area (Å²) in [5.74, 6) is 0.592. The number of sulfonamides is 1. The van der Waals surface area contributed by atoms with Crippen molar-refractivity contribution in [1.29, 1.82) is 0 Å². The Balaban J connectivity index is 1.63. The minimum atomic E-state index is -3.87. The maximum Gasteiger partial charge on any atom is 0.262 e. The molecule has 1 fully saturated rings. The van der Waals surface area contributed by atoms with Crippen LogP contribution in [0.15, 0.2) is 47.4 Å². The van der Waals surface area contributed by atoms with E-state index in [2.05, 4.69) is 10.0 Å². The van der Waals surface area contributed by atoms with E-state index in [-0.39, 0.29) is 22.5 Å². The topological polar surface area (TPSA) is 93.7 Å². The van der Waals surface area contributed by atoms with E-state index >= 15 is 0 Å². The zero-order valence-electron chi connectivity index (χ0n) is 17.6. The predicted octanol–water partition coefficient (Wildman–Crippen LogP) is 4.37. The molecule has 0 bridgehead atoms. The average molecular weight is 467 g/mol. The summed E-state index contributed by atoms with van der Waals surface area (Å²) in [4.78, 5) is 12.4. The molecule has 1 aliphatic carbocycles. The second-order valence-corrected chi connectivity index (χ2v) is 9.64. The van der Waals surface area contributed by atoms with Crippen LogP contribution in [-0.2, 0) is 14.8 Å². The average Bonchev–Trinajstić information content (AvgIpc) is 2.74. The van der Waals surface area contributed by atoms with Crippen LogP contribution in [0.5, 0.6) is 11.5 Å². The molecule has 1 amide bonds. The van der Waals surface area contributed by atoms with E-state index in [1.165, 1.54) is 43.9 Å². The highest BCUT2D eigenvalue weighted by molar-refractivity contribution is 7.92. The summed E-state index contributed by atoms with van der Waals surface area (Å²) in [7, 11) is -2.42. The number of hydrogen-bond acceptors (Lipinski definition) is 5. The molecule has 1 atom stereocenters. The van der Waals surface area contributed by atoms with Crippen LogP contribution in [0, 0.1) is 0 Å². The van der Waals surface area contributed by atoms with Gasteiger partial charge in [0, 0.05) is 11.1 Å². The maximum absolute atomic E-state index is 12.7. The van der Waals surface area contributed by atoms with E-state index in [0.717, 1.165) is 25.7 Å². The quantitative estimate of drug-likeness (QED) is 0.602. The van der Waals surface area contributed by atoms with Gasteiger partial charge in [0.25, 0.3) is 15.9 Å². The summed E-state index contributed by atoms with van der Waals surface area (Å²) in [5, 5.41) is 3.40. The lowest BCUT2D eigenvalue weighted by molar-refractivity contribution is -0.128. The van der Waals surface area contributed by atoms with Gasteiger partial charge in [-0.3, -0.25) is 9.52 Å². The molecular formula is C22H27ClN2O5S. The number of amides is 1. The van der Waals surface area contributed by atoms with E-state index in [1.54, 1.807) is 19.1 Å². The monoisotopic (exact) mass is 466 g/mol. The SMILES string of the molecule is COc1ccc(Cl)cc1NS(=O)(=O)c1ccc(O[C@H](C)C(=O)NC2CCCCC2)cc1. The van der Waals surface area contributed by atoms with Gasteiger partial charge < -0.3 is 14.8 Å². The molecule has 7 nitrogen and oxygen atoms in total.